The van der Waals surface area contributed by atoms with Crippen LogP contribution in [0.15, 0.2) is 40.8 Å². The van der Waals surface area contributed by atoms with E-state index in [2.05, 4.69) is 15.2 Å². The van der Waals surface area contributed by atoms with Crippen molar-refractivity contribution in [3.8, 4) is 11.1 Å². The van der Waals surface area contributed by atoms with Crippen molar-refractivity contribution in [2.24, 2.45) is 0 Å². The maximum absolute atomic E-state index is 13.4. The molecule has 0 aliphatic heterocycles. The van der Waals surface area contributed by atoms with E-state index in [1.807, 2.05) is 6.07 Å². The van der Waals surface area contributed by atoms with E-state index in [9.17, 15) is 13.6 Å². The molecule has 0 saturated carbocycles. The van der Waals surface area contributed by atoms with E-state index in [1.165, 1.54) is 23.5 Å². The van der Waals surface area contributed by atoms with Crippen LogP contribution in [0.1, 0.15) is 16.8 Å². The Morgan fingerprint density at radius 1 is 1.04 bits per heavy atom. The third-order valence-corrected chi connectivity index (χ3v) is 4.76. The first-order valence-electron chi connectivity index (χ1n) is 7.85. The Hall–Kier alpha value is -3.20. The topological polar surface area (TPSA) is 89.1 Å². The first kappa shape index (κ1) is 17.2. The van der Waals surface area contributed by atoms with Gasteiger partial charge in [0.15, 0.2) is 0 Å². The standard InChI is InChI=1S/C18H11F2N3O3S/c19-11-3-10(4-12(20)6-11)9-1-2-13-14(5-9)27-17(21-13)7-15-22-23-16(26-15)8-18(24)25/h1-6H,7-8H2,(H,24,25). The highest BCUT2D eigenvalue weighted by Crippen LogP contribution is 2.30. The third kappa shape index (κ3) is 3.82. The van der Waals surface area contributed by atoms with Crippen LogP contribution in [-0.4, -0.2) is 26.3 Å². The van der Waals surface area contributed by atoms with Crippen molar-refractivity contribution in [2.45, 2.75) is 12.8 Å². The number of nitrogens with zero attached hydrogens (tertiary/aromatic N) is 3. The summed E-state index contributed by atoms with van der Waals surface area (Å²) in [5.74, 6) is -2.01. The molecule has 2 aromatic heterocycles. The molecule has 0 atom stereocenters. The highest BCUT2D eigenvalue weighted by molar-refractivity contribution is 7.18. The molecule has 0 unspecified atom stereocenters. The molecule has 0 radical (unpaired) electrons. The van der Waals surface area contributed by atoms with Crippen LogP contribution in [0.4, 0.5) is 8.78 Å². The monoisotopic (exact) mass is 387 g/mol. The number of aliphatic carboxylic acids is 1. The Balaban J connectivity index is 1.61. The molecular formula is C18H11F2N3O3S. The zero-order chi connectivity index (χ0) is 19.0. The second-order valence-corrected chi connectivity index (χ2v) is 6.90. The molecule has 2 heterocycles. The maximum atomic E-state index is 13.4. The van der Waals surface area contributed by atoms with Crippen LogP contribution in [0, 0.1) is 11.6 Å². The molecule has 1 N–H and O–H groups in total. The normalized spacial score (nSPS) is 11.2. The van der Waals surface area contributed by atoms with Crippen molar-refractivity contribution in [3.05, 3.63) is 64.8 Å². The SMILES string of the molecule is O=C(O)Cc1nnc(Cc2nc3ccc(-c4cc(F)cc(F)c4)cc3s2)o1. The lowest BCUT2D eigenvalue weighted by atomic mass is 10.1. The molecular weight excluding hydrogens is 376 g/mol. The average molecular weight is 387 g/mol. The van der Waals surface area contributed by atoms with Gasteiger partial charge in [-0.1, -0.05) is 6.07 Å². The Kier molecular flexibility index (Phi) is 4.36. The zero-order valence-electron chi connectivity index (χ0n) is 13.6. The highest BCUT2D eigenvalue weighted by Gasteiger charge is 2.13. The fraction of sp³-hybridized carbons (Fsp3) is 0.111. The van der Waals surface area contributed by atoms with Gasteiger partial charge in [-0.15, -0.1) is 21.5 Å². The summed E-state index contributed by atoms with van der Waals surface area (Å²) < 4.78 is 33.0. The van der Waals surface area contributed by atoms with Crippen LogP contribution in [0.2, 0.25) is 0 Å². The van der Waals surface area contributed by atoms with Crippen LogP contribution >= 0.6 is 11.3 Å². The number of hydrogen-bond acceptors (Lipinski definition) is 6. The van der Waals surface area contributed by atoms with Crippen LogP contribution in [0.3, 0.4) is 0 Å². The van der Waals surface area contributed by atoms with Crippen LogP contribution in [0.25, 0.3) is 21.3 Å². The second kappa shape index (κ2) is 6.84. The lowest BCUT2D eigenvalue weighted by Gasteiger charge is -2.02. The molecule has 2 aromatic carbocycles. The Bertz CT molecular complexity index is 1140. The predicted molar refractivity (Wildman–Crippen MR) is 93.4 cm³/mol. The summed E-state index contributed by atoms with van der Waals surface area (Å²) in [5, 5.41) is 16.9. The van der Waals surface area contributed by atoms with Gasteiger partial charge >= 0.3 is 5.97 Å². The van der Waals surface area contributed by atoms with E-state index >= 15 is 0 Å². The number of fused-ring (bicyclic) bond motifs is 1. The molecule has 0 fully saturated rings. The largest absolute Gasteiger partial charge is 0.481 e. The van der Waals surface area contributed by atoms with Gasteiger partial charge < -0.3 is 9.52 Å². The number of carboxylic acids is 1. The van der Waals surface area contributed by atoms with Gasteiger partial charge in [0.05, 0.1) is 16.6 Å². The summed E-state index contributed by atoms with van der Waals surface area (Å²) in [5.41, 5.74) is 1.86. The lowest BCUT2D eigenvalue weighted by molar-refractivity contribution is -0.136. The number of benzene rings is 2. The Morgan fingerprint density at radius 2 is 1.78 bits per heavy atom. The minimum absolute atomic E-state index is 0.0361. The molecule has 0 bridgehead atoms. The summed E-state index contributed by atoms with van der Waals surface area (Å²) in [7, 11) is 0. The van der Waals surface area contributed by atoms with E-state index < -0.39 is 17.6 Å². The van der Waals surface area contributed by atoms with Gasteiger partial charge in [-0.3, -0.25) is 4.79 Å². The molecule has 4 aromatic rings. The van der Waals surface area contributed by atoms with E-state index in [0.29, 0.717) is 16.1 Å². The van der Waals surface area contributed by atoms with Crippen molar-refractivity contribution < 1.29 is 23.1 Å². The minimum atomic E-state index is -1.05. The zero-order valence-corrected chi connectivity index (χ0v) is 14.5. The predicted octanol–water partition coefficient (Wildman–Crippen LogP) is 3.84. The number of halogens is 2. The van der Waals surface area contributed by atoms with Crippen LogP contribution in [0.5, 0.6) is 0 Å². The third-order valence-electron chi connectivity index (χ3n) is 3.74. The van der Waals surface area contributed by atoms with E-state index in [4.69, 9.17) is 9.52 Å². The fourth-order valence-electron chi connectivity index (χ4n) is 2.64. The van der Waals surface area contributed by atoms with Crippen molar-refractivity contribution in [1.82, 2.24) is 15.2 Å². The van der Waals surface area contributed by atoms with Crippen molar-refractivity contribution >= 4 is 27.5 Å². The Labute approximate surface area is 155 Å². The Morgan fingerprint density at radius 3 is 2.52 bits per heavy atom. The van der Waals surface area contributed by atoms with E-state index in [0.717, 1.165) is 16.3 Å². The number of aromatic nitrogens is 3. The molecule has 9 heteroatoms. The molecule has 27 heavy (non-hydrogen) atoms. The first-order valence-corrected chi connectivity index (χ1v) is 8.67. The van der Waals surface area contributed by atoms with Gasteiger partial charge in [0.1, 0.15) is 23.1 Å². The summed E-state index contributed by atoms with van der Waals surface area (Å²) >= 11 is 1.39. The summed E-state index contributed by atoms with van der Waals surface area (Å²) in [6, 6.07) is 8.71. The smallest absolute Gasteiger partial charge is 0.312 e. The molecule has 0 aliphatic carbocycles. The van der Waals surface area contributed by atoms with E-state index in [1.54, 1.807) is 12.1 Å². The van der Waals surface area contributed by atoms with Gasteiger partial charge in [0, 0.05) is 6.07 Å². The molecule has 0 aliphatic rings. The van der Waals surface area contributed by atoms with Crippen molar-refractivity contribution in [2.75, 3.05) is 0 Å². The number of thiazole rings is 1. The summed E-state index contributed by atoms with van der Waals surface area (Å²) in [6.07, 6.45) is -0.0592. The van der Waals surface area contributed by atoms with Gasteiger partial charge in [-0.2, -0.15) is 0 Å². The van der Waals surface area contributed by atoms with Gasteiger partial charge in [0.2, 0.25) is 11.8 Å². The van der Waals surface area contributed by atoms with Crippen LogP contribution in [-0.2, 0) is 17.6 Å². The first-order chi connectivity index (χ1) is 13.0. The summed E-state index contributed by atoms with van der Waals surface area (Å²) in [4.78, 5) is 15.1. The summed E-state index contributed by atoms with van der Waals surface area (Å²) in [6.45, 7) is 0. The molecule has 0 saturated heterocycles. The van der Waals surface area contributed by atoms with Crippen LogP contribution < -0.4 is 0 Å². The average Bonchev–Trinajstić information content (AvgIpc) is 3.19. The number of rotatable bonds is 5. The fourth-order valence-corrected chi connectivity index (χ4v) is 3.64. The second-order valence-electron chi connectivity index (χ2n) is 5.79. The van der Waals surface area contributed by atoms with E-state index in [-0.39, 0.29) is 24.6 Å². The van der Waals surface area contributed by atoms with Gasteiger partial charge in [-0.05, 0) is 35.4 Å². The lowest BCUT2D eigenvalue weighted by Crippen LogP contribution is -1.99. The number of carbonyl (C=O) groups is 1. The molecule has 0 spiro atoms. The molecule has 0 amide bonds. The maximum Gasteiger partial charge on any atom is 0.312 e. The molecule has 136 valence electrons. The van der Waals surface area contributed by atoms with Crippen molar-refractivity contribution in [3.63, 3.8) is 0 Å². The molecule has 6 nitrogen and oxygen atoms in total. The highest BCUT2D eigenvalue weighted by atomic mass is 32.1. The van der Waals surface area contributed by atoms with Gasteiger partial charge in [0.25, 0.3) is 0 Å². The minimum Gasteiger partial charge on any atom is -0.481 e. The molecule has 4 rings (SSSR count). The number of carboxylic acid groups (broad SMARTS) is 1. The van der Waals surface area contributed by atoms with Crippen molar-refractivity contribution in [1.29, 1.82) is 0 Å². The van der Waals surface area contributed by atoms with Gasteiger partial charge in [-0.25, -0.2) is 13.8 Å². The number of hydrogen-bond donors (Lipinski definition) is 1. The quantitative estimate of drug-likeness (QED) is 0.560.